The molecular weight excluding hydrogens is 508 g/mol. The van der Waals surface area contributed by atoms with E-state index in [-0.39, 0.29) is 11.4 Å². The van der Waals surface area contributed by atoms with Gasteiger partial charge in [0.1, 0.15) is 0 Å². The third-order valence-corrected chi connectivity index (χ3v) is 7.85. The average molecular weight is 525 g/mol. The van der Waals surface area contributed by atoms with Gasteiger partial charge < -0.3 is 5.11 Å². The molecule has 1 atom stereocenters. The lowest BCUT2D eigenvalue weighted by Crippen LogP contribution is -2.30. The van der Waals surface area contributed by atoms with Crippen molar-refractivity contribution in [3.63, 3.8) is 0 Å². The smallest absolute Gasteiger partial charge is 0.296 e. The van der Waals surface area contributed by atoms with E-state index in [0.29, 0.717) is 10.0 Å². The van der Waals surface area contributed by atoms with Crippen LogP contribution in [-0.2, 0) is 11.2 Å². The van der Waals surface area contributed by atoms with Gasteiger partial charge in [0.2, 0.25) is 5.78 Å². The SMILES string of the molecule is CCc1ccc2nc(N3C(=O)C(O)=C(C(=O)c4cccs4)[C@H]3c3ccc(Br)cc3)sc2c1. The number of amides is 1. The Morgan fingerprint density at radius 3 is 2.66 bits per heavy atom. The Morgan fingerprint density at radius 1 is 1.19 bits per heavy atom. The molecule has 2 aromatic carbocycles. The number of nitrogens with zero attached hydrogens (tertiary/aromatic N) is 2. The number of thiazole rings is 1. The van der Waals surface area contributed by atoms with Crippen molar-refractivity contribution in [1.29, 1.82) is 0 Å². The number of hydrogen-bond acceptors (Lipinski definition) is 6. The van der Waals surface area contributed by atoms with Crippen LogP contribution in [0.5, 0.6) is 0 Å². The Kier molecular flexibility index (Phi) is 5.44. The van der Waals surface area contributed by atoms with Crippen LogP contribution in [-0.4, -0.2) is 21.8 Å². The molecule has 1 amide bonds. The molecule has 0 radical (unpaired) electrons. The molecule has 3 heterocycles. The molecule has 0 unspecified atom stereocenters. The molecule has 4 aromatic rings. The number of fused-ring (bicyclic) bond motifs is 1. The summed E-state index contributed by atoms with van der Waals surface area (Å²) in [4.78, 5) is 33.2. The molecular formula is C24H17BrN2O3S2. The largest absolute Gasteiger partial charge is 0.503 e. The lowest BCUT2D eigenvalue weighted by atomic mass is 9.96. The number of benzene rings is 2. The highest BCUT2D eigenvalue weighted by Crippen LogP contribution is 2.44. The molecule has 1 N–H and O–H groups in total. The summed E-state index contributed by atoms with van der Waals surface area (Å²) < 4.78 is 1.84. The quantitative estimate of drug-likeness (QED) is 0.304. The Hall–Kier alpha value is -2.81. The molecule has 1 aliphatic rings. The molecule has 0 saturated carbocycles. The number of aromatic nitrogens is 1. The first-order valence-electron chi connectivity index (χ1n) is 9.97. The van der Waals surface area contributed by atoms with E-state index in [4.69, 9.17) is 0 Å². The molecule has 160 valence electrons. The summed E-state index contributed by atoms with van der Waals surface area (Å²) >= 11 is 6.09. The van der Waals surface area contributed by atoms with Crippen molar-refractivity contribution in [3.05, 3.63) is 91.8 Å². The molecule has 2 aromatic heterocycles. The second kappa shape index (κ2) is 8.27. The van der Waals surface area contributed by atoms with Gasteiger partial charge in [-0.2, -0.15) is 0 Å². The van der Waals surface area contributed by atoms with Crippen LogP contribution < -0.4 is 4.90 Å². The fourth-order valence-electron chi connectivity index (χ4n) is 3.82. The number of anilines is 1. The number of aliphatic hydroxyl groups is 1. The summed E-state index contributed by atoms with van der Waals surface area (Å²) in [6.45, 7) is 2.08. The van der Waals surface area contributed by atoms with Crippen molar-refractivity contribution in [2.24, 2.45) is 0 Å². The predicted molar refractivity (Wildman–Crippen MR) is 132 cm³/mol. The third kappa shape index (κ3) is 3.48. The number of thiophene rings is 1. The Balaban J connectivity index is 1.67. The summed E-state index contributed by atoms with van der Waals surface area (Å²) in [5.41, 5.74) is 2.76. The fraction of sp³-hybridized carbons (Fsp3) is 0.125. The van der Waals surface area contributed by atoms with Gasteiger partial charge >= 0.3 is 0 Å². The van der Waals surface area contributed by atoms with Crippen LogP contribution in [0, 0.1) is 0 Å². The van der Waals surface area contributed by atoms with Crippen molar-refractivity contribution < 1.29 is 14.7 Å². The molecule has 0 spiro atoms. The Morgan fingerprint density at radius 2 is 1.97 bits per heavy atom. The average Bonchev–Trinajstić information content (AvgIpc) is 3.52. The molecule has 1 aliphatic heterocycles. The number of aryl methyl sites for hydroxylation is 1. The summed E-state index contributed by atoms with van der Waals surface area (Å²) in [5, 5.41) is 13.1. The first kappa shape index (κ1) is 21.1. The van der Waals surface area contributed by atoms with Gasteiger partial charge in [-0.05, 0) is 53.3 Å². The highest BCUT2D eigenvalue weighted by atomic mass is 79.9. The van der Waals surface area contributed by atoms with Crippen molar-refractivity contribution in [1.82, 2.24) is 4.98 Å². The zero-order valence-corrected chi connectivity index (χ0v) is 20.1. The number of rotatable bonds is 5. The van der Waals surface area contributed by atoms with Crippen LogP contribution in [0.4, 0.5) is 5.13 Å². The van der Waals surface area contributed by atoms with Crippen LogP contribution in [0.3, 0.4) is 0 Å². The summed E-state index contributed by atoms with van der Waals surface area (Å²) in [5.74, 6) is -1.49. The fourth-order valence-corrected chi connectivity index (χ4v) is 5.81. The number of Topliss-reactive ketones (excluding diaryl/α,β-unsaturated/α-hetero) is 1. The minimum atomic E-state index is -0.767. The minimum absolute atomic E-state index is 0.0771. The zero-order chi connectivity index (χ0) is 22.4. The van der Waals surface area contributed by atoms with Crippen molar-refractivity contribution in [2.75, 3.05) is 4.90 Å². The van der Waals surface area contributed by atoms with Gasteiger partial charge in [0.05, 0.1) is 26.7 Å². The molecule has 0 bridgehead atoms. The summed E-state index contributed by atoms with van der Waals surface area (Å²) in [6, 6.07) is 16.1. The normalized spacial score (nSPS) is 16.4. The molecule has 0 fully saturated rings. The summed E-state index contributed by atoms with van der Waals surface area (Å²) in [7, 11) is 0. The molecule has 0 saturated heterocycles. The molecule has 5 rings (SSSR count). The maximum Gasteiger partial charge on any atom is 0.296 e. The second-order valence-corrected chi connectivity index (χ2v) is 10.2. The highest BCUT2D eigenvalue weighted by molar-refractivity contribution is 9.10. The van der Waals surface area contributed by atoms with Gasteiger partial charge in [-0.1, -0.05) is 58.5 Å². The number of ketones is 1. The number of aliphatic hydroxyl groups excluding tert-OH is 1. The Labute approximate surface area is 200 Å². The van der Waals surface area contributed by atoms with Crippen molar-refractivity contribution >= 4 is 65.6 Å². The van der Waals surface area contributed by atoms with Gasteiger partial charge in [-0.15, -0.1) is 11.3 Å². The van der Waals surface area contributed by atoms with Crippen LogP contribution in [0.1, 0.15) is 33.8 Å². The van der Waals surface area contributed by atoms with Gasteiger partial charge in [0, 0.05) is 4.47 Å². The third-order valence-electron chi connectivity index (χ3n) is 5.44. The van der Waals surface area contributed by atoms with E-state index in [1.165, 1.54) is 33.1 Å². The van der Waals surface area contributed by atoms with E-state index in [1.54, 1.807) is 17.5 Å². The van der Waals surface area contributed by atoms with Crippen LogP contribution >= 0.6 is 38.6 Å². The maximum atomic E-state index is 13.3. The predicted octanol–water partition coefficient (Wildman–Crippen LogP) is 6.47. The molecule has 8 heteroatoms. The highest BCUT2D eigenvalue weighted by Gasteiger charge is 2.46. The maximum absolute atomic E-state index is 13.3. The van der Waals surface area contributed by atoms with Gasteiger partial charge in [-0.3, -0.25) is 14.5 Å². The lowest BCUT2D eigenvalue weighted by Gasteiger charge is -2.24. The molecule has 0 aliphatic carbocycles. The number of halogens is 1. The minimum Gasteiger partial charge on any atom is -0.503 e. The van der Waals surface area contributed by atoms with Gasteiger partial charge in [-0.25, -0.2) is 4.98 Å². The van der Waals surface area contributed by atoms with E-state index in [2.05, 4.69) is 33.9 Å². The zero-order valence-electron chi connectivity index (χ0n) is 16.9. The first-order chi connectivity index (χ1) is 15.5. The lowest BCUT2D eigenvalue weighted by molar-refractivity contribution is -0.117. The van der Waals surface area contributed by atoms with Crippen LogP contribution in [0.2, 0.25) is 0 Å². The van der Waals surface area contributed by atoms with E-state index in [0.717, 1.165) is 26.7 Å². The van der Waals surface area contributed by atoms with E-state index >= 15 is 0 Å². The number of carbonyl (C=O) groups excluding carboxylic acids is 2. The number of hydrogen-bond donors (Lipinski definition) is 1. The second-order valence-electron chi connectivity index (χ2n) is 7.35. The molecule has 32 heavy (non-hydrogen) atoms. The van der Waals surface area contributed by atoms with Crippen molar-refractivity contribution in [3.8, 4) is 0 Å². The standard InChI is InChI=1S/C24H17BrN2O3S2/c1-2-13-5-10-16-18(12-13)32-24(26-16)27-20(14-6-8-15(25)9-7-14)19(22(29)23(27)30)21(28)17-4-3-11-31-17/h3-12,20,29H,2H2,1H3/t20-/m1/s1. The van der Waals surface area contributed by atoms with Crippen LogP contribution in [0.15, 0.2) is 75.8 Å². The van der Waals surface area contributed by atoms with Crippen molar-refractivity contribution in [2.45, 2.75) is 19.4 Å². The monoisotopic (exact) mass is 524 g/mol. The van der Waals surface area contributed by atoms with E-state index < -0.39 is 17.7 Å². The summed E-state index contributed by atoms with van der Waals surface area (Å²) in [6.07, 6.45) is 0.898. The molecule has 5 nitrogen and oxygen atoms in total. The van der Waals surface area contributed by atoms with Gasteiger partial charge in [0.15, 0.2) is 10.9 Å². The van der Waals surface area contributed by atoms with Crippen LogP contribution in [0.25, 0.3) is 10.2 Å². The van der Waals surface area contributed by atoms with Gasteiger partial charge in [0.25, 0.3) is 5.91 Å². The van der Waals surface area contributed by atoms with E-state index in [9.17, 15) is 14.7 Å². The first-order valence-corrected chi connectivity index (χ1v) is 12.5. The number of carbonyl (C=O) groups is 2. The topological polar surface area (TPSA) is 70.5 Å². The van der Waals surface area contributed by atoms with E-state index in [1.807, 2.05) is 36.4 Å². The Bertz CT molecular complexity index is 1370.